The first-order valence-electron chi connectivity index (χ1n) is 6.59. The van der Waals surface area contributed by atoms with Gasteiger partial charge >= 0.3 is 0 Å². The maximum absolute atomic E-state index is 4.44. The smallest absolute Gasteiger partial charge is 0.0379 e. The van der Waals surface area contributed by atoms with E-state index in [1.807, 2.05) is 6.20 Å². The molecule has 94 valence electrons. The Hall–Kier alpha value is -1.63. The average molecular weight is 239 g/mol. The van der Waals surface area contributed by atoms with Crippen LogP contribution in [0.4, 0.5) is 0 Å². The second kappa shape index (κ2) is 5.34. The Bertz CT molecular complexity index is 524. The molecule has 1 aromatic heterocycles. The molecule has 1 heterocycles. The van der Waals surface area contributed by atoms with Gasteiger partial charge in [0.15, 0.2) is 0 Å². The van der Waals surface area contributed by atoms with E-state index >= 15 is 0 Å². The Balaban J connectivity index is 2.47. The summed E-state index contributed by atoms with van der Waals surface area (Å²) in [5.41, 5.74) is 6.35. The average Bonchev–Trinajstić information content (AvgIpc) is 2.32. The second-order valence-electron chi connectivity index (χ2n) is 5.45. The lowest BCUT2D eigenvalue weighted by Crippen LogP contribution is -1.99. The van der Waals surface area contributed by atoms with Gasteiger partial charge in [-0.15, -0.1) is 0 Å². The first-order chi connectivity index (χ1) is 8.56. The highest BCUT2D eigenvalue weighted by Gasteiger charge is 2.08. The van der Waals surface area contributed by atoms with E-state index in [0.717, 1.165) is 12.1 Å². The van der Waals surface area contributed by atoms with E-state index in [1.54, 1.807) is 0 Å². The molecule has 0 saturated heterocycles. The van der Waals surface area contributed by atoms with Gasteiger partial charge < -0.3 is 0 Å². The molecule has 0 aliphatic rings. The SMILES string of the molecule is Cc1ccc(-c2cc(C)ncc2CC(C)C)cc1. The lowest BCUT2D eigenvalue weighted by molar-refractivity contribution is 0.646. The Morgan fingerprint density at radius 3 is 2.33 bits per heavy atom. The standard InChI is InChI=1S/C17H21N/c1-12(2)9-16-11-18-14(4)10-17(16)15-7-5-13(3)6-8-15/h5-8,10-12H,9H2,1-4H3. The molecule has 0 amide bonds. The summed E-state index contributed by atoms with van der Waals surface area (Å²) >= 11 is 0. The summed E-state index contributed by atoms with van der Waals surface area (Å²) in [7, 11) is 0. The van der Waals surface area contributed by atoms with E-state index in [-0.39, 0.29) is 0 Å². The molecule has 1 heteroatoms. The fraction of sp³-hybridized carbons (Fsp3) is 0.353. The second-order valence-corrected chi connectivity index (χ2v) is 5.45. The number of aromatic nitrogens is 1. The monoisotopic (exact) mass is 239 g/mol. The fourth-order valence-electron chi connectivity index (χ4n) is 2.19. The molecule has 1 aromatic carbocycles. The van der Waals surface area contributed by atoms with Crippen molar-refractivity contribution in [1.29, 1.82) is 0 Å². The van der Waals surface area contributed by atoms with Crippen LogP contribution in [0.5, 0.6) is 0 Å². The summed E-state index contributed by atoms with van der Waals surface area (Å²) in [6, 6.07) is 10.9. The third-order valence-corrected chi connectivity index (χ3v) is 3.11. The van der Waals surface area contributed by atoms with E-state index in [1.165, 1.54) is 22.3 Å². The highest BCUT2D eigenvalue weighted by molar-refractivity contribution is 5.67. The number of nitrogens with zero attached hydrogens (tertiary/aromatic N) is 1. The van der Waals surface area contributed by atoms with E-state index in [4.69, 9.17) is 0 Å². The summed E-state index contributed by atoms with van der Waals surface area (Å²) in [5, 5.41) is 0. The van der Waals surface area contributed by atoms with Crippen molar-refractivity contribution < 1.29 is 0 Å². The van der Waals surface area contributed by atoms with Gasteiger partial charge in [0.2, 0.25) is 0 Å². The molecule has 0 atom stereocenters. The minimum atomic E-state index is 0.652. The summed E-state index contributed by atoms with van der Waals surface area (Å²) in [6.07, 6.45) is 3.11. The molecule has 18 heavy (non-hydrogen) atoms. The molecular formula is C17H21N. The van der Waals surface area contributed by atoms with Crippen molar-refractivity contribution >= 4 is 0 Å². The maximum atomic E-state index is 4.44. The molecule has 1 nitrogen and oxygen atoms in total. The number of aryl methyl sites for hydroxylation is 2. The van der Waals surface area contributed by atoms with Gasteiger partial charge in [-0.2, -0.15) is 0 Å². The molecule has 0 bridgehead atoms. The van der Waals surface area contributed by atoms with Gasteiger partial charge in [-0.25, -0.2) is 0 Å². The van der Waals surface area contributed by atoms with Crippen LogP contribution in [-0.2, 0) is 6.42 Å². The summed E-state index contributed by atoms with van der Waals surface area (Å²) in [5.74, 6) is 0.652. The molecule has 0 N–H and O–H groups in total. The van der Waals surface area contributed by atoms with E-state index in [0.29, 0.717) is 5.92 Å². The summed E-state index contributed by atoms with van der Waals surface area (Å²) in [6.45, 7) is 8.67. The maximum Gasteiger partial charge on any atom is 0.0379 e. The molecule has 2 aromatic rings. The van der Waals surface area contributed by atoms with Crippen molar-refractivity contribution in [3.05, 3.63) is 53.3 Å². The van der Waals surface area contributed by atoms with Crippen molar-refractivity contribution in [2.45, 2.75) is 34.1 Å². The van der Waals surface area contributed by atoms with E-state index < -0.39 is 0 Å². The zero-order valence-electron chi connectivity index (χ0n) is 11.7. The largest absolute Gasteiger partial charge is 0.261 e. The van der Waals surface area contributed by atoms with Gasteiger partial charge in [0.1, 0.15) is 0 Å². The van der Waals surface area contributed by atoms with Gasteiger partial charge in [0, 0.05) is 11.9 Å². The lowest BCUT2D eigenvalue weighted by Gasteiger charge is -2.12. The van der Waals surface area contributed by atoms with Crippen LogP contribution in [0.25, 0.3) is 11.1 Å². The quantitative estimate of drug-likeness (QED) is 0.765. The van der Waals surface area contributed by atoms with Crippen molar-refractivity contribution in [1.82, 2.24) is 4.98 Å². The lowest BCUT2D eigenvalue weighted by atomic mass is 9.94. The minimum Gasteiger partial charge on any atom is -0.261 e. The van der Waals surface area contributed by atoms with Gasteiger partial charge in [0.05, 0.1) is 0 Å². The van der Waals surface area contributed by atoms with E-state index in [2.05, 4.69) is 63.0 Å². The van der Waals surface area contributed by atoms with Crippen LogP contribution in [0.3, 0.4) is 0 Å². The van der Waals surface area contributed by atoms with Crippen LogP contribution in [0.15, 0.2) is 36.5 Å². The predicted molar refractivity (Wildman–Crippen MR) is 77.7 cm³/mol. The predicted octanol–water partition coefficient (Wildman–Crippen LogP) is 4.56. The molecular weight excluding hydrogens is 218 g/mol. The Labute approximate surface area is 110 Å². The van der Waals surface area contributed by atoms with Crippen LogP contribution in [0, 0.1) is 19.8 Å². The third-order valence-electron chi connectivity index (χ3n) is 3.11. The molecule has 0 aliphatic carbocycles. The molecule has 0 fully saturated rings. The number of pyridine rings is 1. The zero-order valence-corrected chi connectivity index (χ0v) is 11.7. The first-order valence-corrected chi connectivity index (χ1v) is 6.59. The summed E-state index contributed by atoms with van der Waals surface area (Å²) < 4.78 is 0. The molecule has 0 saturated carbocycles. The van der Waals surface area contributed by atoms with Gasteiger partial charge in [0.25, 0.3) is 0 Å². The Morgan fingerprint density at radius 1 is 1.06 bits per heavy atom. The Kier molecular flexibility index (Phi) is 3.81. The van der Waals surface area contributed by atoms with Gasteiger partial charge in [-0.05, 0) is 48.9 Å². The van der Waals surface area contributed by atoms with E-state index in [9.17, 15) is 0 Å². The highest BCUT2D eigenvalue weighted by atomic mass is 14.7. The molecule has 0 aliphatic heterocycles. The minimum absolute atomic E-state index is 0.652. The van der Waals surface area contributed by atoms with Crippen LogP contribution >= 0.6 is 0 Å². The van der Waals surface area contributed by atoms with Gasteiger partial charge in [-0.1, -0.05) is 43.7 Å². The molecule has 2 rings (SSSR count). The Morgan fingerprint density at radius 2 is 1.72 bits per heavy atom. The zero-order chi connectivity index (χ0) is 13.1. The number of benzene rings is 1. The third kappa shape index (κ3) is 2.98. The van der Waals surface area contributed by atoms with Crippen molar-refractivity contribution in [2.75, 3.05) is 0 Å². The van der Waals surface area contributed by atoms with Crippen LogP contribution in [0.2, 0.25) is 0 Å². The summed E-state index contributed by atoms with van der Waals surface area (Å²) in [4.78, 5) is 4.44. The number of rotatable bonds is 3. The van der Waals surface area contributed by atoms with Crippen LogP contribution in [0.1, 0.15) is 30.7 Å². The molecule has 0 unspecified atom stereocenters. The van der Waals surface area contributed by atoms with Crippen molar-refractivity contribution in [3.63, 3.8) is 0 Å². The van der Waals surface area contributed by atoms with Gasteiger partial charge in [-0.3, -0.25) is 4.98 Å². The first kappa shape index (κ1) is 12.8. The highest BCUT2D eigenvalue weighted by Crippen LogP contribution is 2.26. The molecule has 0 spiro atoms. The number of hydrogen-bond donors (Lipinski definition) is 0. The van der Waals surface area contributed by atoms with Crippen LogP contribution in [-0.4, -0.2) is 4.98 Å². The van der Waals surface area contributed by atoms with Crippen molar-refractivity contribution in [2.24, 2.45) is 5.92 Å². The van der Waals surface area contributed by atoms with Crippen molar-refractivity contribution in [3.8, 4) is 11.1 Å². The molecule has 0 radical (unpaired) electrons. The van der Waals surface area contributed by atoms with Crippen LogP contribution < -0.4 is 0 Å². The topological polar surface area (TPSA) is 12.9 Å². The number of hydrogen-bond acceptors (Lipinski definition) is 1. The fourth-order valence-corrected chi connectivity index (χ4v) is 2.19. The normalized spacial score (nSPS) is 10.9.